The molecule has 1 amide bonds. The number of rotatable bonds is 3. The van der Waals surface area contributed by atoms with Gasteiger partial charge >= 0.3 is 0 Å². The fourth-order valence-electron chi connectivity index (χ4n) is 3.42. The number of carbonyl (C=O) groups is 1. The molecule has 2 atom stereocenters. The van der Waals surface area contributed by atoms with Crippen LogP contribution in [0.25, 0.3) is 0 Å². The number of aliphatic hydroxyl groups is 1. The van der Waals surface area contributed by atoms with Crippen LogP contribution in [0, 0.1) is 5.92 Å². The van der Waals surface area contributed by atoms with E-state index in [0.717, 1.165) is 15.9 Å². The van der Waals surface area contributed by atoms with Crippen molar-refractivity contribution in [2.75, 3.05) is 26.7 Å². The van der Waals surface area contributed by atoms with Gasteiger partial charge in [-0.1, -0.05) is 6.07 Å². The third kappa shape index (κ3) is 2.55. The lowest BCUT2D eigenvalue weighted by atomic mass is 9.82. The van der Waals surface area contributed by atoms with Crippen LogP contribution in [0.4, 0.5) is 0 Å². The first-order chi connectivity index (χ1) is 9.07. The molecule has 2 unspecified atom stereocenters. The normalized spacial score (nSPS) is 35.1. The molecule has 0 aliphatic carbocycles. The molecule has 0 saturated carbocycles. The minimum absolute atomic E-state index is 0.231. The van der Waals surface area contributed by atoms with Crippen molar-refractivity contribution >= 4 is 17.2 Å². The molecular formula is C14H21N2O2S+. The second kappa shape index (κ2) is 4.89. The summed E-state index contributed by atoms with van der Waals surface area (Å²) < 4.78 is 1.07. The highest BCUT2D eigenvalue weighted by molar-refractivity contribution is 7.10. The Labute approximate surface area is 117 Å². The quantitative estimate of drug-likeness (QED) is 0.816. The first-order valence-electron chi connectivity index (χ1n) is 6.93. The summed E-state index contributed by atoms with van der Waals surface area (Å²) >= 11 is 1.42. The van der Waals surface area contributed by atoms with E-state index in [0.29, 0.717) is 5.92 Å². The number of aliphatic hydroxyl groups excluding tert-OH is 1. The summed E-state index contributed by atoms with van der Waals surface area (Å²) in [5.41, 5.74) is 0. The molecule has 0 aromatic carbocycles. The average Bonchev–Trinajstić information content (AvgIpc) is 2.91. The zero-order valence-corrected chi connectivity index (χ0v) is 12.0. The summed E-state index contributed by atoms with van der Waals surface area (Å²) in [5, 5.41) is 15.0. The predicted octanol–water partition coefficient (Wildman–Crippen LogP) is 1.14. The van der Waals surface area contributed by atoms with Crippen molar-refractivity contribution in [1.29, 1.82) is 0 Å². The largest absolute Gasteiger partial charge is 0.378 e. The van der Waals surface area contributed by atoms with E-state index in [2.05, 4.69) is 12.4 Å². The molecule has 1 aromatic rings. The van der Waals surface area contributed by atoms with E-state index in [1.54, 1.807) is 6.07 Å². The van der Waals surface area contributed by atoms with Gasteiger partial charge in [0, 0.05) is 17.7 Å². The van der Waals surface area contributed by atoms with Crippen LogP contribution in [0.2, 0.25) is 0 Å². The molecule has 4 rings (SSSR count). The van der Waals surface area contributed by atoms with Gasteiger partial charge in [0.25, 0.3) is 5.91 Å². The van der Waals surface area contributed by atoms with E-state index in [1.807, 2.05) is 11.4 Å². The topological polar surface area (TPSA) is 49.3 Å². The van der Waals surface area contributed by atoms with Gasteiger partial charge in [-0.2, -0.15) is 0 Å². The second-order valence-electron chi connectivity index (χ2n) is 6.12. The molecular weight excluding hydrogens is 260 g/mol. The van der Waals surface area contributed by atoms with Crippen molar-refractivity contribution in [3.8, 4) is 0 Å². The highest BCUT2D eigenvalue weighted by atomic mass is 32.1. The van der Waals surface area contributed by atoms with E-state index in [1.165, 1.54) is 37.3 Å². The summed E-state index contributed by atoms with van der Waals surface area (Å²) in [7, 11) is 2.27. The summed E-state index contributed by atoms with van der Waals surface area (Å²) in [4.78, 5) is 12.9. The Balaban J connectivity index is 1.64. The predicted molar refractivity (Wildman–Crippen MR) is 74.7 cm³/mol. The summed E-state index contributed by atoms with van der Waals surface area (Å²) in [6, 6.07) is 3.89. The number of thiophene rings is 1. The van der Waals surface area contributed by atoms with Gasteiger partial charge in [-0.3, -0.25) is 4.79 Å². The van der Waals surface area contributed by atoms with Crippen LogP contribution in [0.5, 0.6) is 0 Å². The molecule has 104 valence electrons. The molecule has 5 heteroatoms. The lowest BCUT2D eigenvalue weighted by Gasteiger charge is -2.50. The van der Waals surface area contributed by atoms with E-state index in [9.17, 15) is 9.90 Å². The van der Waals surface area contributed by atoms with Crippen molar-refractivity contribution < 1.29 is 14.4 Å². The molecule has 4 nitrogen and oxygen atoms in total. The Hall–Kier alpha value is -0.910. The van der Waals surface area contributed by atoms with Gasteiger partial charge in [-0.25, -0.2) is 0 Å². The van der Waals surface area contributed by atoms with E-state index < -0.39 is 6.10 Å². The standard InChI is InChI=1S/C14H20N2O2S/c1-16-6-4-10(5-7-16)11(9-16)15-14(18)13(17)12-3-2-8-19-12/h2-3,8,10-11,13,17H,4-7,9H2,1H3/p+1. The van der Waals surface area contributed by atoms with Crippen LogP contribution in [0.3, 0.4) is 0 Å². The first kappa shape index (κ1) is 13.1. The Kier molecular flexibility index (Phi) is 3.37. The maximum absolute atomic E-state index is 12.1. The molecule has 0 radical (unpaired) electrons. The number of amides is 1. The van der Waals surface area contributed by atoms with Gasteiger partial charge in [0.05, 0.1) is 32.7 Å². The smallest absolute Gasteiger partial charge is 0.254 e. The zero-order chi connectivity index (χ0) is 13.5. The van der Waals surface area contributed by atoms with Crippen molar-refractivity contribution in [1.82, 2.24) is 5.32 Å². The van der Waals surface area contributed by atoms with Crippen molar-refractivity contribution in [2.24, 2.45) is 5.92 Å². The third-order valence-electron chi connectivity index (χ3n) is 4.67. The third-order valence-corrected chi connectivity index (χ3v) is 5.60. The lowest BCUT2D eigenvalue weighted by molar-refractivity contribution is -0.925. The maximum atomic E-state index is 12.1. The lowest BCUT2D eigenvalue weighted by Crippen LogP contribution is -2.65. The first-order valence-corrected chi connectivity index (χ1v) is 7.81. The number of likely N-dealkylation sites (N-methyl/N-ethyl adjacent to an activating group) is 1. The molecule has 3 saturated heterocycles. The molecule has 2 N–H and O–H groups in total. The zero-order valence-electron chi connectivity index (χ0n) is 11.2. The van der Waals surface area contributed by atoms with Gasteiger partial charge in [-0.15, -0.1) is 11.3 Å². The van der Waals surface area contributed by atoms with Gasteiger partial charge in [0.1, 0.15) is 0 Å². The van der Waals surface area contributed by atoms with Gasteiger partial charge in [0.15, 0.2) is 6.10 Å². The van der Waals surface area contributed by atoms with Gasteiger partial charge in [-0.05, 0) is 17.4 Å². The van der Waals surface area contributed by atoms with Crippen LogP contribution >= 0.6 is 11.3 Å². The fourth-order valence-corrected chi connectivity index (χ4v) is 4.13. The van der Waals surface area contributed by atoms with Crippen molar-refractivity contribution in [2.45, 2.75) is 25.0 Å². The number of carbonyl (C=O) groups excluding carboxylic acids is 1. The van der Waals surface area contributed by atoms with Crippen molar-refractivity contribution in [3.05, 3.63) is 22.4 Å². The second-order valence-corrected chi connectivity index (χ2v) is 7.10. The minimum Gasteiger partial charge on any atom is -0.378 e. The maximum Gasteiger partial charge on any atom is 0.254 e. The number of fused-ring (bicyclic) bond motifs is 3. The number of piperidine rings is 3. The molecule has 4 heterocycles. The Bertz CT molecular complexity index is 452. The minimum atomic E-state index is -1.01. The van der Waals surface area contributed by atoms with Crippen LogP contribution in [0.1, 0.15) is 23.8 Å². The molecule has 19 heavy (non-hydrogen) atoms. The highest BCUT2D eigenvalue weighted by Gasteiger charge is 2.44. The molecule has 1 aromatic heterocycles. The van der Waals surface area contributed by atoms with Crippen LogP contribution in [0.15, 0.2) is 17.5 Å². The molecule has 0 spiro atoms. The summed E-state index contributed by atoms with van der Waals surface area (Å²) in [6.07, 6.45) is 1.37. The van der Waals surface area contributed by atoms with Gasteiger partial charge < -0.3 is 14.9 Å². The molecule has 2 bridgehead atoms. The highest BCUT2D eigenvalue weighted by Crippen LogP contribution is 2.32. The SMILES string of the molecule is C[N+]12CCC(CC1)C(NC(=O)C(O)c1cccs1)C2. The number of nitrogens with zero attached hydrogens (tertiary/aromatic N) is 1. The van der Waals surface area contributed by atoms with E-state index >= 15 is 0 Å². The Morgan fingerprint density at radius 2 is 2.26 bits per heavy atom. The number of quaternary nitrogens is 1. The van der Waals surface area contributed by atoms with Crippen LogP contribution in [-0.4, -0.2) is 48.2 Å². The van der Waals surface area contributed by atoms with Crippen LogP contribution < -0.4 is 5.32 Å². The number of nitrogens with one attached hydrogen (secondary N) is 1. The monoisotopic (exact) mass is 281 g/mol. The molecule has 3 aliphatic heterocycles. The Morgan fingerprint density at radius 1 is 1.53 bits per heavy atom. The number of hydrogen-bond donors (Lipinski definition) is 2. The van der Waals surface area contributed by atoms with Crippen molar-refractivity contribution in [3.63, 3.8) is 0 Å². The molecule has 3 aliphatic rings. The van der Waals surface area contributed by atoms with E-state index in [-0.39, 0.29) is 11.9 Å². The summed E-state index contributed by atoms with van der Waals surface area (Å²) in [5.74, 6) is 0.354. The van der Waals surface area contributed by atoms with Gasteiger partial charge in [0.2, 0.25) is 0 Å². The van der Waals surface area contributed by atoms with E-state index in [4.69, 9.17) is 0 Å². The number of hydrogen-bond acceptors (Lipinski definition) is 3. The average molecular weight is 281 g/mol. The van der Waals surface area contributed by atoms with Crippen LogP contribution in [-0.2, 0) is 4.79 Å². The fraction of sp³-hybridized carbons (Fsp3) is 0.643. The molecule has 3 fully saturated rings. The summed E-state index contributed by atoms with van der Waals surface area (Å²) in [6.45, 7) is 3.46. The Morgan fingerprint density at radius 3 is 2.84 bits per heavy atom.